The molecule has 0 saturated carbocycles. The van der Waals surface area contributed by atoms with Crippen LogP contribution in [0.4, 0.5) is 5.69 Å². The van der Waals surface area contributed by atoms with Gasteiger partial charge in [-0.1, -0.05) is 18.2 Å². The van der Waals surface area contributed by atoms with Crippen molar-refractivity contribution < 1.29 is 19.1 Å². The van der Waals surface area contributed by atoms with E-state index in [1.54, 1.807) is 36.4 Å². The molecule has 114 valence electrons. The number of amides is 1. The number of benzene rings is 2. The average Bonchev–Trinajstić information content (AvgIpc) is 2.54. The van der Waals surface area contributed by atoms with E-state index in [0.717, 1.165) is 17.5 Å². The Morgan fingerprint density at radius 2 is 1.74 bits per heavy atom. The van der Waals surface area contributed by atoms with Gasteiger partial charge < -0.3 is 14.8 Å². The van der Waals surface area contributed by atoms with Gasteiger partial charge in [0.1, 0.15) is 5.58 Å². The minimum atomic E-state index is -1.20. The number of fused-ring (bicyclic) bond motifs is 3. The summed E-state index contributed by atoms with van der Waals surface area (Å²) in [7, 11) is 0. The van der Waals surface area contributed by atoms with Crippen molar-refractivity contribution in [3.63, 3.8) is 0 Å². The average molecular weight is 309 g/mol. The molecule has 1 aromatic heterocycles. The number of carboxylic acids is 1. The number of aliphatic carboxylic acids is 1. The SMILES string of the molecule is O=C(O)C=CC(=O)Nc1ccc2oc(=O)c3ccccc3c2c1. The summed E-state index contributed by atoms with van der Waals surface area (Å²) in [6.45, 7) is 0. The van der Waals surface area contributed by atoms with Crippen LogP contribution in [0.15, 0.2) is 63.8 Å². The zero-order valence-corrected chi connectivity index (χ0v) is 11.8. The number of hydrogen-bond acceptors (Lipinski definition) is 4. The summed E-state index contributed by atoms with van der Waals surface area (Å²) in [6, 6.07) is 11.8. The first-order valence-corrected chi connectivity index (χ1v) is 6.72. The Kier molecular flexibility index (Phi) is 3.64. The molecule has 2 aromatic carbocycles. The van der Waals surface area contributed by atoms with Crippen LogP contribution in [-0.4, -0.2) is 17.0 Å². The van der Waals surface area contributed by atoms with E-state index in [4.69, 9.17) is 9.52 Å². The zero-order chi connectivity index (χ0) is 16.4. The molecule has 1 heterocycles. The highest BCUT2D eigenvalue weighted by Crippen LogP contribution is 2.25. The Morgan fingerprint density at radius 1 is 1.00 bits per heavy atom. The smallest absolute Gasteiger partial charge is 0.344 e. The second-order valence-corrected chi connectivity index (χ2v) is 4.81. The minimum absolute atomic E-state index is 0.410. The number of anilines is 1. The molecule has 2 N–H and O–H groups in total. The first-order valence-electron chi connectivity index (χ1n) is 6.72. The number of rotatable bonds is 3. The van der Waals surface area contributed by atoms with Gasteiger partial charge in [-0.2, -0.15) is 0 Å². The number of hydrogen-bond donors (Lipinski definition) is 2. The van der Waals surface area contributed by atoms with E-state index >= 15 is 0 Å². The van der Waals surface area contributed by atoms with Gasteiger partial charge in [-0.25, -0.2) is 9.59 Å². The number of nitrogens with one attached hydrogen (secondary N) is 1. The molecule has 3 aromatic rings. The van der Waals surface area contributed by atoms with Gasteiger partial charge in [-0.15, -0.1) is 0 Å². The molecule has 0 spiro atoms. The third kappa shape index (κ3) is 2.96. The summed E-state index contributed by atoms with van der Waals surface area (Å²) >= 11 is 0. The third-order valence-electron chi connectivity index (χ3n) is 3.26. The molecule has 3 rings (SSSR count). The van der Waals surface area contributed by atoms with Crippen LogP contribution < -0.4 is 10.9 Å². The van der Waals surface area contributed by atoms with Crippen molar-refractivity contribution in [2.75, 3.05) is 5.32 Å². The van der Waals surface area contributed by atoms with E-state index in [2.05, 4.69) is 5.32 Å². The van der Waals surface area contributed by atoms with Crippen LogP contribution in [0.3, 0.4) is 0 Å². The molecule has 0 aliphatic heterocycles. The summed E-state index contributed by atoms with van der Waals surface area (Å²) < 4.78 is 5.25. The molecular formula is C17H11NO5. The maximum absolute atomic E-state index is 11.9. The van der Waals surface area contributed by atoms with Gasteiger partial charge >= 0.3 is 11.6 Å². The van der Waals surface area contributed by atoms with Crippen molar-refractivity contribution in [3.05, 3.63) is 65.0 Å². The zero-order valence-electron chi connectivity index (χ0n) is 11.8. The molecule has 1 amide bonds. The van der Waals surface area contributed by atoms with Crippen LogP contribution in [0, 0.1) is 0 Å². The topological polar surface area (TPSA) is 96.6 Å². The van der Waals surface area contributed by atoms with E-state index in [0.29, 0.717) is 22.0 Å². The molecule has 0 bridgehead atoms. The summed E-state index contributed by atoms with van der Waals surface area (Å²) in [5.74, 6) is -1.76. The van der Waals surface area contributed by atoms with Crippen LogP contribution >= 0.6 is 0 Å². The fourth-order valence-electron chi connectivity index (χ4n) is 2.29. The van der Waals surface area contributed by atoms with Crippen molar-refractivity contribution in [1.29, 1.82) is 0 Å². The first-order chi connectivity index (χ1) is 11.0. The van der Waals surface area contributed by atoms with Gasteiger partial charge in [-0.05, 0) is 29.7 Å². The predicted molar refractivity (Wildman–Crippen MR) is 85.4 cm³/mol. The fraction of sp³-hybridized carbons (Fsp3) is 0. The van der Waals surface area contributed by atoms with Crippen molar-refractivity contribution in [2.24, 2.45) is 0 Å². The lowest BCUT2D eigenvalue weighted by Crippen LogP contribution is -2.08. The van der Waals surface area contributed by atoms with E-state index in [9.17, 15) is 14.4 Å². The summed E-state index contributed by atoms with van der Waals surface area (Å²) in [4.78, 5) is 33.9. The lowest BCUT2D eigenvalue weighted by Gasteiger charge is -2.06. The minimum Gasteiger partial charge on any atom is -0.478 e. The Labute approximate surface area is 129 Å². The predicted octanol–water partition coefficient (Wildman–Crippen LogP) is 2.53. The molecule has 0 fully saturated rings. The molecule has 6 nitrogen and oxygen atoms in total. The molecule has 0 radical (unpaired) electrons. The van der Waals surface area contributed by atoms with E-state index in [1.165, 1.54) is 0 Å². The largest absolute Gasteiger partial charge is 0.478 e. The summed E-state index contributed by atoms with van der Waals surface area (Å²) in [5.41, 5.74) is 0.457. The molecule has 23 heavy (non-hydrogen) atoms. The maximum atomic E-state index is 11.9. The van der Waals surface area contributed by atoms with E-state index in [1.807, 2.05) is 6.07 Å². The Hall–Kier alpha value is -3.41. The maximum Gasteiger partial charge on any atom is 0.344 e. The third-order valence-corrected chi connectivity index (χ3v) is 3.26. The molecule has 0 atom stereocenters. The highest BCUT2D eigenvalue weighted by Gasteiger charge is 2.08. The highest BCUT2D eigenvalue weighted by molar-refractivity contribution is 6.07. The van der Waals surface area contributed by atoms with Crippen molar-refractivity contribution in [1.82, 2.24) is 0 Å². The van der Waals surface area contributed by atoms with Gasteiger partial charge in [0.25, 0.3) is 0 Å². The molecule has 0 aliphatic rings. The van der Waals surface area contributed by atoms with Gasteiger partial charge in [-0.3, -0.25) is 4.79 Å². The van der Waals surface area contributed by atoms with Crippen LogP contribution in [0.25, 0.3) is 21.7 Å². The standard InChI is InChI=1S/C17H11NO5/c19-15(7-8-16(20)21)18-10-5-6-14-13(9-10)11-3-1-2-4-12(11)17(22)23-14/h1-9H,(H,18,19)(H,20,21). The summed E-state index contributed by atoms with van der Waals surface area (Å²) in [5, 5.41) is 12.9. The van der Waals surface area contributed by atoms with Gasteiger partial charge in [0.05, 0.1) is 5.39 Å². The van der Waals surface area contributed by atoms with Crippen LogP contribution in [-0.2, 0) is 9.59 Å². The Bertz CT molecular complexity index is 1020. The lowest BCUT2D eigenvalue weighted by atomic mass is 10.1. The second kappa shape index (κ2) is 5.76. The van der Waals surface area contributed by atoms with Crippen molar-refractivity contribution in [3.8, 4) is 0 Å². The van der Waals surface area contributed by atoms with E-state index in [-0.39, 0.29) is 0 Å². The van der Waals surface area contributed by atoms with Crippen molar-refractivity contribution in [2.45, 2.75) is 0 Å². The van der Waals surface area contributed by atoms with Crippen LogP contribution in [0.1, 0.15) is 0 Å². The molecule has 0 saturated heterocycles. The normalized spacial score (nSPS) is 11.1. The highest BCUT2D eigenvalue weighted by atomic mass is 16.4. The first kappa shape index (κ1) is 14.5. The molecular weight excluding hydrogens is 298 g/mol. The molecule has 0 aliphatic carbocycles. The second-order valence-electron chi connectivity index (χ2n) is 4.81. The van der Waals surface area contributed by atoms with Gasteiger partial charge in [0.2, 0.25) is 5.91 Å². The number of carbonyl (C=O) groups is 2. The Morgan fingerprint density at radius 3 is 2.48 bits per heavy atom. The van der Waals surface area contributed by atoms with Gasteiger partial charge in [0, 0.05) is 23.2 Å². The summed E-state index contributed by atoms with van der Waals surface area (Å²) in [6.07, 6.45) is 1.68. The van der Waals surface area contributed by atoms with Crippen LogP contribution in [0.5, 0.6) is 0 Å². The van der Waals surface area contributed by atoms with Gasteiger partial charge in [0.15, 0.2) is 0 Å². The molecule has 6 heteroatoms. The lowest BCUT2D eigenvalue weighted by molar-refractivity contribution is -0.131. The van der Waals surface area contributed by atoms with Crippen LogP contribution in [0.2, 0.25) is 0 Å². The number of carboxylic acid groups (broad SMARTS) is 1. The monoisotopic (exact) mass is 309 g/mol. The van der Waals surface area contributed by atoms with Crippen molar-refractivity contribution >= 4 is 39.3 Å². The fourth-order valence-corrected chi connectivity index (χ4v) is 2.29. The Balaban J connectivity index is 2.06. The molecule has 0 unspecified atom stereocenters. The van der Waals surface area contributed by atoms with E-state index < -0.39 is 17.5 Å². The number of carbonyl (C=O) groups excluding carboxylic acids is 1. The quantitative estimate of drug-likeness (QED) is 0.440.